The monoisotopic (exact) mass is 479 g/mol. The van der Waals surface area contributed by atoms with Crippen LogP contribution in [-0.4, -0.2) is 128 Å². The number of nitrogens with two attached hydrogens (primary N) is 1. The van der Waals surface area contributed by atoms with Crippen LogP contribution in [0.5, 0.6) is 0 Å². The third-order valence-electron chi connectivity index (χ3n) is 4.97. The molecule has 0 aromatic rings. The van der Waals surface area contributed by atoms with Crippen LogP contribution in [0, 0.1) is 0 Å². The summed E-state index contributed by atoms with van der Waals surface area (Å²) in [5.74, 6) is 4.91. The summed E-state index contributed by atoms with van der Waals surface area (Å²) >= 11 is 0. The zero-order valence-electron chi connectivity index (χ0n) is 16.4. The maximum Gasteiger partial charge on any atom is 0.325 e. The van der Waals surface area contributed by atoms with E-state index in [1.807, 2.05) is 0 Å². The van der Waals surface area contributed by atoms with Gasteiger partial charge in [0.25, 0.3) is 0 Å². The third kappa shape index (κ3) is 7.07. The van der Waals surface area contributed by atoms with E-state index in [0.29, 0.717) is 0 Å². The van der Waals surface area contributed by atoms with Crippen molar-refractivity contribution < 1.29 is 68.8 Å². The molecule has 0 saturated carbocycles. The van der Waals surface area contributed by atoms with E-state index in [2.05, 4.69) is 4.84 Å². The number of ether oxygens (including phenoxy) is 4. The fourth-order valence-electron chi connectivity index (χ4n) is 3.27. The van der Waals surface area contributed by atoms with E-state index in [1.165, 1.54) is 0 Å². The Labute approximate surface area is 177 Å². The molecular weight excluding hydrogens is 449 g/mol. The van der Waals surface area contributed by atoms with Crippen molar-refractivity contribution in [3.8, 4) is 0 Å². The molecule has 0 radical (unpaired) electrons. The molecule has 2 fully saturated rings. The van der Waals surface area contributed by atoms with Gasteiger partial charge in [-0.15, -0.1) is 0 Å². The fourth-order valence-corrected chi connectivity index (χ4v) is 3.86. The Hall–Kier alpha value is -0.330. The lowest BCUT2D eigenvalue weighted by Crippen LogP contribution is -2.64. The number of aliphatic hydroxyl groups excluding tert-OH is 6. The Morgan fingerprint density at radius 1 is 0.839 bits per heavy atom. The molecule has 0 aliphatic carbocycles. The van der Waals surface area contributed by atoms with Crippen LogP contribution in [0.3, 0.4) is 0 Å². The molecule has 2 saturated heterocycles. The molecule has 0 aromatic heterocycles. The van der Waals surface area contributed by atoms with E-state index in [0.717, 1.165) is 0 Å². The van der Waals surface area contributed by atoms with Gasteiger partial charge in [-0.1, -0.05) is 0 Å². The lowest BCUT2D eigenvalue weighted by Gasteiger charge is -2.46. The second kappa shape index (κ2) is 11.7. The lowest BCUT2D eigenvalue weighted by molar-refractivity contribution is -0.366. The average Bonchev–Trinajstić information content (AvgIpc) is 2.71. The van der Waals surface area contributed by atoms with Gasteiger partial charge in [0.15, 0.2) is 12.6 Å². The summed E-state index contributed by atoms with van der Waals surface area (Å²) in [6, 6.07) is 0. The average molecular weight is 479 g/mol. The molecule has 4 unspecified atom stereocenters. The molecule has 0 bridgehead atoms. The quantitative estimate of drug-likeness (QED) is 0.0808. The molecule has 10 atom stereocenters. The molecule has 10 N–H and O–H groups in total. The SMILES string of the molecule is NOCCO[C@H]1OC(CO)[C@@H](O)[C@H](O)C1O[C@H]1OC(CCP(=O)(O)O)[C@@H](O)[C@H](O)C1O. The summed E-state index contributed by atoms with van der Waals surface area (Å²) in [4.78, 5) is 22.4. The van der Waals surface area contributed by atoms with Crippen LogP contribution >= 0.6 is 7.60 Å². The molecule has 2 heterocycles. The van der Waals surface area contributed by atoms with E-state index < -0.39 is 81.8 Å². The Balaban J connectivity index is 2.14. The Morgan fingerprint density at radius 2 is 1.45 bits per heavy atom. The predicted molar refractivity (Wildman–Crippen MR) is 96.9 cm³/mol. The Kier molecular flexibility index (Phi) is 10.2. The Morgan fingerprint density at radius 3 is 2.03 bits per heavy atom. The van der Waals surface area contributed by atoms with Crippen LogP contribution in [0.1, 0.15) is 6.42 Å². The van der Waals surface area contributed by atoms with Crippen molar-refractivity contribution in [3.05, 3.63) is 0 Å². The van der Waals surface area contributed by atoms with Crippen LogP contribution in [0.4, 0.5) is 0 Å². The highest BCUT2D eigenvalue weighted by molar-refractivity contribution is 7.51. The van der Waals surface area contributed by atoms with Gasteiger partial charge >= 0.3 is 7.60 Å². The summed E-state index contributed by atoms with van der Waals surface area (Å²) in [6.07, 6.45) is -16.8. The van der Waals surface area contributed by atoms with Crippen LogP contribution in [0.15, 0.2) is 0 Å². The van der Waals surface area contributed by atoms with Gasteiger partial charge in [0.2, 0.25) is 0 Å². The van der Waals surface area contributed by atoms with Crippen molar-refractivity contribution in [2.75, 3.05) is 26.0 Å². The second-order valence-corrected chi connectivity index (χ2v) is 9.02. The van der Waals surface area contributed by atoms with Gasteiger partial charge in [-0.2, -0.15) is 0 Å². The van der Waals surface area contributed by atoms with Crippen LogP contribution in [0.2, 0.25) is 0 Å². The predicted octanol–water partition coefficient (Wildman–Crippen LogP) is -4.91. The summed E-state index contributed by atoms with van der Waals surface area (Å²) in [5, 5.41) is 60.2. The molecule has 31 heavy (non-hydrogen) atoms. The topological polar surface area (TPSA) is 251 Å². The summed E-state index contributed by atoms with van der Waals surface area (Å²) < 4.78 is 32.7. The maximum absolute atomic E-state index is 11.1. The summed E-state index contributed by atoms with van der Waals surface area (Å²) in [5.41, 5.74) is 0. The van der Waals surface area contributed by atoms with Gasteiger partial charge in [-0.05, 0) is 6.42 Å². The zero-order valence-corrected chi connectivity index (χ0v) is 17.3. The van der Waals surface area contributed by atoms with Crippen molar-refractivity contribution in [3.63, 3.8) is 0 Å². The largest absolute Gasteiger partial charge is 0.394 e. The van der Waals surface area contributed by atoms with Gasteiger partial charge < -0.3 is 64.2 Å². The highest BCUT2D eigenvalue weighted by Crippen LogP contribution is 2.37. The van der Waals surface area contributed by atoms with Gasteiger partial charge in [0.1, 0.15) is 42.7 Å². The first-order chi connectivity index (χ1) is 14.5. The van der Waals surface area contributed by atoms with Crippen molar-refractivity contribution in [2.24, 2.45) is 5.90 Å². The van der Waals surface area contributed by atoms with E-state index in [4.69, 9.17) is 34.6 Å². The lowest BCUT2D eigenvalue weighted by atomic mass is 9.96. The van der Waals surface area contributed by atoms with E-state index >= 15 is 0 Å². The molecule has 16 heteroatoms. The van der Waals surface area contributed by atoms with Crippen molar-refractivity contribution in [2.45, 2.75) is 67.8 Å². The van der Waals surface area contributed by atoms with Gasteiger partial charge in [-0.25, -0.2) is 5.90 Å². The summed E-state index contributed by atoms with van der Waals surface area (Å²) in [6.45, 7) is -0.870. The minimum absolute atomic E-state index is 0.0765. The second-order valence-electron chi connectivity index (χ2n) is 7.24. The summed E-state index contributed by atoms with van der Waals surface area (Å²) in [7, 11) is -4.44. The van der Waals surface area contributed by atoms with Gasteiger partial charge in [0, 0.05) is 0 Å². The highest BCUT2D eigenvalue weighted by atomic mass is 31.2. The first kappa shape index (κ1) is 26.9. The zero-order chi connectivity index (χ0) is 23.3. The molecule has 2 aliphatic heterocycles. The minimum atomic E-state index is -4.44. The van der Waals surface area contributed by atoms with Crippen molar-refractivity contribution in [1.29, 1.82) is 0 Å². The highest BCUT2D eigenvalue weighted by Gasteiger charge is 2.51. The van der Waals surface area contributed by atoms with Crippen molar-refractivity contribution in [1.82, 2.24) is 0 Å². The minimum Gasteiger partial charge on any atom is -0.394 e. The first-order valence-electron chi connectivity index (χ1n) is 9.45. The molecule has 2 rings (SSSR count). The van der Waals surface area contributed by atoms with Gasteiger partial charge in [0.05, 0.1) is 32.1 Å². The molecule has 0 spiro atoms. The molecular formula is C15H30NO14P. The number of hydrogen-bond acceptors (Lipinski definition) is 13. The molecule has 0 aromatic carbocycles. The van der Waals surface area contributed by atoms with Crippen LogP contribution in [0.25, 0.3) is 0 Å². The normalized spacial score (nSPS) is 42.0. The van der Waals surface area contributed by atoms with E-state index in [1.54, 1.807) is 0 Å². The van der Waals surface area contributed by atoms with Crippen LogP contribution in [-0.2, 0) is 28.4 Å². The molecule has 184 valence electrons. The third-order valence-corrected chi connectivity index (χ3v) is 5.81. The first-order valence-corrected chi connectivity index (χ1v) is 11.2. The standard InChI is InChI=1S/C15H30NO14P/c16-27-3-2-26-15-13(11(21)9(19)7(5-17)29-15)30-14-12(22)10(20)8(18)6(28-14)1-4-31(23,24)25/h6-15,17-22H,1-5,16H2,(H2,23,24,25)/t6?,7?,8-,9-,10+,11+,12?,13?,14-,15+/m1/s1. The number of hydrogen-bond donors (Lipinski definition) is 9. The fraction of sp³-hybridized carbons (Fsp3) is 1.00. The van der Waals surface area contributed by atoms with E-state index in [-0.39, 0.29) is 19.6 Å². The number of aliphatic hydroxyl groups is 6. The van der Waals surface area contributed by atoms with Crippen LogP contribution < -0.4 is 5.90 Å². The molecule has 15 nitrogen and oxygen atoms in total. The van der Waals surface area contributed by atoms with E-state index in [9.17, 15) is 35.2 Å². The number of rotatable bonds is 10. The Bertz CT molecular complexity index is 594. The van der Waals surface area contributed by atoms with Crippen molar-refractivity contribution >= 4 is 7.60 Å². The maximum atomic E-state index is 11.1. The molecule has 0 amide bonds. The molecule has 2 aliphatic rings. The smallest absolute Gasteiger partial charge is 0.325 e. The van der Waals surface area contributed by atoms with Gasteiger partial charge in [-0.3, -0.25) is 4.57 Å².